The molecule has 0 atom stereocenters. The number of hydrogen-bond acceptors (Lipinski definition) is 6. The fraction of sp³-hybridized carbons (Fsp3) is 0.200. The van der Waals surface area contributed by atoms with Gasteiger partial charge >= 0.3 is 0 Å². The van der Waals surface area contributed by atoms with Gasteiger partial charge in [-0.2, -0.15) is 0 Å². The zero-order chi connectivity index (χ0) is 12.3. The third kappa shape index (κ3) is 2.77. The lowest BCUT2D eigenvalue weighted by Gasteiger charge is -2.01. The van der Waals surface area contributed by atoms with Crippen LogP contribution in [-0.2, 0) is 6.54 Å². The summed E-state index contributed by atoms with van der Waals surface area (Å²) in [4.78, 5) is 23.2. The van der Waals surface area contributed by atoms with Crippen molar-refractivity contribution in [3.05, 3.63) is 35.9 Å². The summed E-state index contributed by atoms with van der Waals surface area (Å²) in [6, 6.07) is 0. The summed E-state index contributed by atoms with van der Waals surface area (Å²) in [5, 5.41) is 2.61. The highest BCUT2D eigenvalue weighted by atomic mass is 16.4. The van der Waals surface area contributed by atoms with Gasteiger partial charge in [0.1, 0.15) is 17.3 Å². The molecular weight excluding hydrogens is 222 g/mol. The normalized spacial score (nSPS) is 10.2. The molecule has 0 aliphatic rings. The molecule has 0 saturated heterocycles. The van der Waals surface area contributed by atoms with E-state index in [4.69, 9.17) is 10.2 Å². The van der Waals surface area contributed by atoms with E-state index in [0.717, 1.165) is 0 Å². The summed E-state index contributed by atoms with van der Waals surface area (Å²) in [6.07, 6.45) is 4.22. The Morgan fingerprint density at radius 3 is 2.76 bits per heavy atom. The van der Waals surface area contributed by atoms with Crippen LogP contribution in [0, 0.1) is 6.92 Å². The third-order valence-electron chi connectivity index (χ3n) is 1.97. The van der Waals surface area contributed by atoms with E-state index >= 15 is 0 Å². The number of nitrogens with one attached hydrogen (secondary N) is 1. The molecule has 0 aromatic carbocycles. The number of nitrogen functional groups attached to an aromatic ring is 1. The van der Waals surface area contributed by atoms with Crippen molar-refractivity contribution >= 4 is 11.7 Å². The van der Waals surface area contributed by atoms with Crippen LogP contribution in [0.4, 0.5) is 5.82 Å². The highest BCUT2D eigenvalue weighted by Gasteiger charge is 2.08. The molecule has 0 bridgehead atoms. The van der Waals surface area contributed by atoms with E-state index < -0.39 is 0 Å². The van der Waals surface area contributed by atoms with Crippen molar-refractivity contribution in [1.29, 1.82) is 0 Å². The average Bonchev–Trinajstić information content (AvgIpc) is 2.73. The Balaban J connectivity index is 1.95. The van der Waals surface area contributed by atoms with E-state index in [2.05, 4.69) is 20.3 Å². The summed E-state index contributed by atoms with van der Waals surface area (Å²) >= 11 is 0. The van der Waals surface area contributed by atoms with E-state index in [0.29, 0.717) is 11.7 Å². The number of oxazole rings is 1. The number of rotatable bonds is 3. The fourth-order valence-corrected chi connectivity index (χ4v) is 1.18. The Kier molecular flexibility index (Phi) is 2.99. The van der Waals surface area contributed by atoms with Gasteiger partial charge in [0.25, 0.3) is 5.91 Å². The molecule has 0 saturated carbocycles. The Morgan fingerprint density at radius 1 is 1.35 bits per heavy atom. The minimum absolute atomic E-state index is 0.197. The highest BCUT2D eigenvalue weighted by molar-refractivity contribution is 5.91. The molecule has 17 heavy (non-hydrogen) atoms. The fourth-order valence-electron chi connectivity index (χ4n) is 1.18. The number of aryl methyl sites for hydroxylation is 1. The molecule has 88 valence electrons. The van der Waals surface area contributed by atoms with Gasteiger partial charge in [0.2, 0.25) is 5.89 Å². The lowest BCUT2D eigenvalue weighted by molar-refractivity contribution is 0.0942. The van der Waals surface area contributed by atoms with Crippen LogP contribution >= 0.6 is 0 Å². The van der Waals surface area contributed by atoms with Crippen LogP contribution in [0.15, 0.2) is 23.0 Å². The Morgan fingerprint density at radius 2 is 2.18 bits per heavy atom. The van der Waals surface area contributed by atoms with E-state index in [1.807, 2.05) is 0 Å². The standard InChI is InChI=1S/C10H11N5O2/c1-6-2-14-9(17-6)5-15-10(16)7-3-13-8(11)4-12-7/h2-4H,5H2,1H3,(H2,11,13)(H,15,16). The largest absolute Gasteiger partial charge is 0.444 e. The zero-order valence-corrected chi connectivity index (χ0v) is 9.17. The summed E-state index contributed by atoms with van der Waals surface area (Å²) < 4.78 is 5.21. The summed E-state index contributed by atoms with van der Waals surface area (Å²) in [5.74, 6) is 1.05. The lowest BCUT2D eigenvalue weighted by atomic mass is 10.4. The smallest absolute Gasteiger partial charge is 0.271 e. The predicted octanol–water partition coefficient (Wildman–Crippen LogP) is 0.285. The molecule has 2 aromatic rings. The van der Waals surface area contributed by atoms with Crippen LogP contribution in [-0.4, -0.2) is 20.9 Å². The Labute approximate surface area is 97.1 Å². The molecule has 2 rings (SSSR count). The zero-order valence-electron chi connectivity index (χ0n) is 9.17. The second-order valence-corrected chi connectivity index (χ2v) is 3.37. The van der Waals surface area contributed by atoms with Crippen LogP contribution in [0.3, 0.4) is 0 Å². The molecule has 0 unspecified atom stereocenters. The summed E-state index contributed by atoms with van der Waals surface area (Å²) in [6.45, 7) is 1.99. The number of aromatic nitrogens is 3. The number of nitrogens with two attached hydrogens (primary N) is 1. The number of nitrogens with zero attached hydrogens (tertiary/aromatic N) is 3. The van der Waals surface area contributed by atoms with Crippen molar-refractivity contribution in [3.63, 3.8) is 0 Å². The monoisotopic (exact) mass is 233 g/mol. The second kappa shape index (κ2) is 4.60. The van der Waals surface area contributed by atoms with Crippen molar-refractivity contribution in [2.75, 3.05) is 5.73 Å². The maximum Gasteiger partial charge on any atom is 0.271 e. The van der Waals surface area contributed by atoms with E-state index in [9.17, 15) is 4.79 Å². The van der Waals surface area contributed by atoms with E-state index in [-0.39, 0.29) is 24.0 Å². The Bertz CT molecular complexity index is 520. The SMILES string of the molecule is Cc1cnc(CNC(=O)c2cnc(N)cn2)o1. The van der Waals surface area contributed by atoms with Gasteiger partial charge in [-0.05, 0) is 6.92 Å². The van der Waals surface area contributed by atoms with Gasteiger partial charge < -0.3 is 15.5 Å². The van der Waals surface area contributed by atoms with Gasteiger partial charge in [-0.15, -0.1) is 0 Å². The number of amides is 1. The van der Waals surface area contributed by atoms with Crippen LogP contribution in [0.1, 0.15) is 22.1 Å². The van der Waals surface area contributed by atoms with Crippen LogP contribution in [0.2, 0.25) is 0 Å². The first-order valence-electron chi connectivity index (χ1n) is 4.92. The van der Waals surface area contributed by atoms with Gasteiger partial charge in [0.15, 0.2) is 0 Å². The Hall–Kier alpha value is -2.44. The van der Waals surface area contributed by atoms with E-state index in [1.165, 1.54) is 12.4 Å². The van der Waals surface area contributed by atoms with Crippen LogP contribution < -0.4 is 11.1 Å². The molecule has 7 heteroatoms. The van der Waals surface area contributed by atoms with Crippen molar-refractivity contribution < 1.29 is 9.21 Å². The number of hydrogen-bond donors (Lipinski definition) is 2. The molecule has 0 aliphatic carbocycles. The number of carbonyl (C=O) groups is 1. The molecule has 0 radical (unpaired) electrons. The predicted molar refractivity (Wildman–Crippen MR) is 58.9 cm³/mol. The van der Waals surface area contributed by atoms with Gasteiger partial charge in [-0.25, -0.2) is 15.0 Å². The van der Waals surface area contributed by atoms with E-state index in [1.54, 1.807) is 13.1 Å². The maximum absolute atomic E-state index is 11.6. The highest BCUT2D eigenvalue weighted by Crippen LogP contribution is 2.01. The molecule has 0 aliphatic heterocycles. The molecule has 2 heterocycles. The minimum atomic E-state index is -0.353. The molecule has 7 nitrogen and oxygen atoms in total. The van der Waals surface area contributed by atoms with Gasteiger partial charge in [0, 0.05) is 0 Å². The topological polar surface area (TPSA) is 107 Å². The van der Waals surface area contributed by atoms with Crippen molar-refractivity contribution in [2.45, 2.75) is 13.5 Å². The van der Waals surface area contributed by atoms with Crippen LogP contribution in [0.5, 0.6) is 0 Å². The minimum Gasteiger partial charge on any atom is -0.444 e. The first kappa shape index (κ1) is 11.1. The lowest BCUT2D eigenvalue weighted by Crippen LogP contribution is -2.24. The van der Waals surface area contributed by atoms with Gasteiger partial charge in [0.05, 0.1) is 25.1 Å². The first-order valence-corrected chi connectivity index (χ1v) is 4.92. The molecule has 0 spiro atoms. The first-order chi connectivity index (χ1) is 8.15. The number of anilines is 1. The van der Waals surface area contributed by atoms with Gasteiger partial charge in [-0.1, -0.05) is 0 Å². The average molecular weight is 233 g/mol. The van der Waals surface area contributed by atoms with Gasteiger partial charge in [-0.3, -0.25) is 4.79 Å². The second-order valence-electron chi connectivity index (χ2n) is 3.37. The quantitative estimate of drug-likeness (QED) is 0.788. The summed E-state index contributed by atoms with van der Waals surface area (Å²) in [5.41, 5.74) is 5.56. The van der Waals surface area contributed by atoms with Crippen molar-refractivity contribution in [2.24, 2.45) is 0 Å². The number of carbonyl (C=O) groups excluding carboxylic acids is 1. The molecule has 1 amide bonds. The summed E-state index contributed by atoms with van der Waals surface area (Å²) in [7, 11) is 0. The van der Waals surface area contributed by atoms with Crippen molar-refractivity contribution in [1.82, 2.24) is 20.3 Å². The molecule has 3 N–H and O–H groups in total. The van der Waals surface area contributed by atoms with Crippen molar-refractivity contribution in [3.8, 4) is 0 Å². The maximum atomic E-state index is 11.6. The molecule has 0 fully saturated rings. The molecular formula is C10H11N5O2. The van der Waals surface area contributed by atoms with Crippen LogP contribution in [0.25, 0.3) is 0 Å². The third-order valence-corrected chi connectivity index (χ3v) is 1.97. The molecule has 2 aromatic heterocycles.